The number of nitrogens with one attached hydrogen (secondary N) is 2. The summed E-state index contributed by atoms with van der Waals surface area (Å²) in [4.78, 5) is 22.2. The van der Waals surface area contributed by atoms with Crippen molar-refractivity contribution >= 4 is 28.5 Å². The zero-order valence-corrected chi connectivity index (χ0v) is 15.5. The third-order valence-corrected chi connectivity index (χ3v) is 5.19. The summed E-state index contributed by atoms with van der Waals surface area (Å²) in [7, 11) is 0. The van der Waals surface area contributed by atoms with Gasteiger partial charge >= 0.3 is 0 Å². The molecule has 140 valence electrons. The van der Waals surface area contributed by atoms with E-state index in [4.69, 9.17) is 11.6 Å². The molecule has 27 heavy (non-hydrogen) atoms. The number of imidazole rings is 1. The van der Waals surface area contributed by atoms with Gasteiger partial charge in [0, 0.05) is 38.5 Å². The lowest BCUT2D eigenvalue weighted by molar-refractivity contribution is -0.132. The maximum absolute atomic E-state index is 13.1. The summed E-state index contributed by atoms with van der Waals surface area (Å²) in [5, 5.41) is 3.99. The molecule has 0 radical (unpaired) electrons. The Morgan fingerprint density at radius 2 is 2.07 bits per heavy atom. The van der Waals surface area contributed by atoms with Crippen LogP contribution in [0.1, 0.15) is 23.9 Å². The average molecular weight is 387 g/mol. The zero-order valence-electron chi connectivity index (χ0n) is 14.7. The third-order valence-electron chi connectivity index (χ3n) is 4.89. The average Bonchev–Trinajstić information content (AvgIpc) is 3.11. The van der Waals surface area contributed by atoms with Gasteiger partial charge in [-0.3, -0.25) is 4.79 Å². The maximum Gasteiger partial charge on any atom is 0.223 e. The fourth-order valence-electron chi connectivity index (χ4n) is 3.44. The smallest absolute Gasteiger partial charge is 0.223 e. The van der Waals surface area contributed by atoms with E-state index >= 15 is 0 Å². The Hall–Kier alpha value is -2.44. The van der Waals surface area contributed by atoms with Gasteiger partial charge in [0.25, 0.3) is 0 Å². The Labute approximate surface area is 161 Å². The molecule has 2 heterocycles. The number of amides is 1. The standard InChI is InChI=1S/C20H20ClFN4O/c21-15-2-1-3-16-20(15)25-18(24-16)8-9-19(27)26-11-10-23-17(12-26)13-4-6-14(22)7-5-13/h1-7,17,23H,8-12H2,(H,24,25). The number of H-pyrrole nitrogens is 1. The fraction of sp³-hybridized carbons (Fsp3) is 0.300. The molecule has 1 saturated heterocycles. The number of rotatable bonds is 4. The maximum atomic E-state index is 13.1. The molecule has 1 aliphatic heterocycles. The highest BCUT2D eigenvalue weighted by atomic mass is 35.5. The highest BCUT2D eigenvalue weighted by molar-refractivity contribution is 6.34. The zero-order chi connectivity index (χ0) is 18.8. The molecular formula is C20H20ClFN4O. The number of halogens is 2. The van der Waals surface area contributed by atoms with Crippen molar-refractivity contribution in [3.63, 3.8) is 0 Å². The Balaban J connectivity index is 1.38. The van der Waals surface area contributed by atoms with Gasteiger partial charge in [0.2, 0.25) is 5.91 Å². The van der Waals surface area contributed by atoms with Crippen LogP contribution in [0, 0.1) is 5.82 Å². The van der Waals surface area contributed by atoms with Crippen LogP contribution in [0.25, 0.3) is 11.0 Å². The van der Waals surface area contributed by atoms with Gasteiger partial charge in [0.05, 0.1) is 10.5 Å². The van der Waals surface area contributed by atoms with Crippen LogP contribution in [0.3, 0.4) is 0 Å². The quantitative estimate of drug-likeness (QED) is 0.721. The van der Waals surface area contributed by atoms with Gasteiger partial charge in [-0.2, -0.15) is 0 Å². The number of hydrogen-bond donors (Lipinski definition) is 2. The molecule has 0 spiro atoms. The molecule has 1 atom stereocenters. The molecule has 1 aromatic heterocycles. The van der Waals surface area contributed by atoms with Crippen LogP contribution in [0.5, 0.6) is 0 Å². The van der Waals surface area contributed by atoms with Crippen molar-refractivity contribution in [2.24, 2.45) is 0 Å². The summed E-state index contributed by atoms with van der Waals surface area (Å²) in [5.74, 6) is 0.597. The molecule has 1 unspecified atom stereocenters. The predicted octanol–water partition coefficient (Wildman–Crippen LogP) is 3.46. The van der Waals surface area contributed by atoms with Crippen molar-refractivity contribution in [3.8, 4) is 0 Å². The molecule has 7 heteroatoms. The first-order valence-corrected chi connectivity index (χ1v) is 9.37. The number of hydrogen-bond acceptors (Lipinski definition) is 3. The molecule has 0 bridgehead atoms. The summed E-state index contributed by atoms with van der Waals surface area (Å²) in [6.07, 6.45) is 0.919. The second-order valence-corrected chi connectivity index (χ2v) is 7.12. The van der Waals surface area contributed by atoms with Crippen LogP contribution in [0.15, 0.2) is 42.5 Å². The van der Waals surface area contributed by atoms with E-state index in [2.05, 4.69) is 15.3 Å². The molecule has 1 amide bonds. The second kappa shape index (κ2) is 7.66. The minimum Gasteiger partial charge on any atom is -0.342 e. The number of piperazine rings is 1. The van der Waals surface area contributed by atoms with Crippen LogP contribution < -0.4 is 5.32 Å². The van der Waals surface area contributed by atoms with E-state index in [1.807, 2.05) is 17.0 Å². The molecule has 0 saturated carbocycles. The number of aromatic nitrogens is 2. The van der Waals surface area contributed by atoms with Crippen LogP contribution in [-0.2, 0) is 11.2 Å². The van der Waals surface area contributed by atoms with Crippen LogP contribution in [-0.4, -0.2) is 40.4 Å². The highest BCUT2D eigenvalue weighted by Crippen LogP contribution is 2.22. The first-order chi connectivity index (χ1) is 13.1. The van der Waals surface area contributed by atoms with Crippen molar-refractivity contribution in [1.29, 1.82) is 0 Å². The first kappa shape index (κ1) is 17.9. The largest absolute Gasteiger partial charge is 0.342 e. The molecule has 5 nitrogen and oxygen atoms in total. The number of para-hydroxylation sites is 1. The number of carbonyl (C=O) groups excluding carboxylic acids is 1. The predicted molar refractivity (Wildman–Crippen MR) is 103 cm³/mol. The molecule has 2 aromatic carbocycles. The number of fused-ring (bicyclic) bond motifs is 1. The van der Waals surface area contributed by atoms with Gasteiger partial charge in [-0.15, -0.1) is 0 Å². The molecular weight excluding hydrogens is 367 g/mol. The summed E-state index contributed by atoms with van der Waals surface area (Å²) in [6, 6.07) is 12.0. The Morgan fingerprint density at radius 1 is 1.26 bits per heavy atom. The molecule has 4 rings (SSSR count). The second-order valence-electron chi connectivity index (χ2n) is 6.72. The van der Waals surface area contributed by atoms with Crippen molar-refractivity contribution < 1.29 is 9.18 Å². The van der Waals surface area contributed by atoms with Crippen LogP contribution in [0.2, 0.25) is 5.02 Å². The summed E-state index contributed by atoms with van der Waals surface area (Å²) in [6.45, 7) is 1.97. The van der Waals surface area contributed by atoms with Crippen LogP contribution >= 0.6 is 11.6 Å². The van der Waals surface area contributed by atoms with E-state index in [9.17, 15) is 9.18 Å². The van der Waals surface area contributed by atoms with Gasteiger partial charge in [-0.1, -0.05) is 29.8 Å². The SMILES string of the molecule is O=C(CCc1nc2c(Cl)cccc2[nH]1)N1CCNC(c2ccc(F)cc2)C1. The summed E-state index contributed by atoms with van der Waals surface area (Å²) >= 11 is 6.15. The molecule has 3 aromatic rings. The Bertz CT molecular complexity index is 956. The van der Waals surface area contributed by atoms with Crippen molar-refractivity contribution in [3.05, 3.63) is 64.7 Å². The van der Waals surface area contributed by atoms with Crippen molar-refractivity contribution in [2.75, 3.05) is 19.6 Å². The minimum atomic E-state index is -0.256. The number of aromatic amines is 1. The first-order valence-electron chi connectivity index (χ1n) is 9.00. The topological polar surface area (TPSA) is 61.0 Å². The molecule has 1 fully saturated rings. The fourth-order valence-corrected chi connectivity index (χ4v) is 3.66. The van der Waals surface area contributed by atoms with E-state index in [1.165, 1.54) is 12.1 Å². The highest BCUT2D eigenvalue weighted by Gasteiger charge is 2.24. The van der Waals surface area contributed by atoms with E-state index in [0.717, 1.165) is 22.4 Å². The van der Waals surface area contributed by atoms with Crippen molar-refractivity contribution in [2.45, 2.75) is 18.9 Å². The molecule has 0 aliphatic carbocycles. The van der Waals surface area contributed by atoms with E-state index < -0.39 is 0 Å². The lowest BCUT2D eigenvalue weighted by Gasteiger charge is -2.34. The number of aryl methyl sites for hydroxylation is 1. The van der Waals surface area contributed by atoms with Gasteiger partial charge in [0.15, 0.2) is 0 Å². The van der Waals surface area contributed by atoms with E-state index in [-0.39, 0.29) is 17.8 Å². The summed E-state index contributed by atoms with van der Waals surface area (Å²) in [5.41, 5.74) is 2.60. The normalized spacial score (nSPS) is 17.4. The minimum absolute atomic E-state index is 0.0216. The van der Waals surface area contributed by atoms with E-state index in [0.29, 0.717) is 37.5 Å². The monoisotopic (exact) mass is 386 g/mol. The van der Waals surface area contributed by atoms with Gasteiger partial charge in [-0.25, -0.2) is 9.37 Å². The molecule has 2 N–H and O–H groups in total. The van der Waals surface area contributed by atoms with Gasteiger partial charge in [0.1, 0.15) is 17.2 Å². The van der Waals surface area contributed by atoms with Gasteiger partial charge < -0.3 is 15.2 Å². The third kappa shape index (κ3) is 3.96. The summed E-state index contributed by atoms with van der Waals surface area (Å²) < 4.78 is 13.1. The van der Waals surface area contributed by atoms with Gasteiger partial charge in [-0.05, 0) is 29.8 Å². The number of benzene rings is 2. The Kier molecular flexibility index (Phi) is 5.09. The number of nitrogens with zero attached hydrogens (tertiary/aromatic N) is 2. The van der Waals surface area contributed by atoms with Crippen LogP contribution in [0.4, 0.5) is 4.39 Å². The lowest BCUT2D eigenvalue weighted by atomic mass is 10.0. The Morgan fingerprint density at radius 3 is 2.85 bits per heavy atom. The van der Waals surface area contributed by atoms with E-state index in [1.54, 1.807) is 18.2 Å². The van der Waals surface area contributed by atoms with Crippen molar-refractivity contribution in [1.82, 2.24) is 20.2 Å². The molecule has 1 aliphatic rings. The lowest BCUT2D eigenvalue weighted by Crippen LogP contribution is -2.48. The number of carbonyl (C=O) groups is 1.